The number of carbonyl (C=O) groups is 1. The highest BCUT2D eigenvalue weighted by molar-refractivity contribution is 5.76. The summed E-state index contributed by atoms with van der Waals surface area (Å²) in [6.45, 7) is 2.41. The van der Waals surface area contributed by atoms with E-state index in [2.05, 4.69) is 10.3 Å². The van der Waals surface area contributed by atoms with Crippen LogP contribution in [0.25, 0.3) is 0 Å². The molecule has 20 heavy (non-hydrogen) atoms. The molecule has 1 unspecified atom stereocenters. The minimum Gasteiger partial charge on any atom is -0.352 e. The highest BCUT2D eigenvalue weighted by Crippen LogP contribution is 2.17. The molecule has 1 heterocycles. The Labute approximate surface area is 117 Å². The summed E-state index contributed by atoms with van der Waals surface area (Å²) >= 11 is 0. The molecule has 0 spiro atoms. The smallest absolute Gasteiger partial charge is 0.220 e. The molecule has 1 amide bonds. The standard InChI is InChI=1S/C16H17FN2O/c1-12(14-3-2-8-18-11-14)9-16(20)19-10-13-4-6-15(17)7-5-13/h2-8,11-12H,9-10H2,1H3,(H,19,20). The molecule has 0 aliphatic heterocycles. The number of amides is 1. The van der Waals surface area contributed by atoms with Gasteiger partial charge in [-0.3, -0.25) is 9.78 Å². The van der Waals surface area contributed by atoms with Crippen molar-refractivity contribution < 1.29 is 9.18 Å². The van der Waals surface area contributed by atoms with Gasteiger partial charge in [0.25, 0.3) is 0 Å². The van der Waals surface area contributed by atoms with Gasteiger partial charge in [-0.05, 0) is 35.2 Å². The van der Waals surface area contributed by atoms with Gasteiger partial charge in [0.2, 0.25) is 5.91 Å². The minimum atomic E-state index is -0.273. The molecule has 104 valence electrons. The molecule has 0 aliphatic carbocycles. The van der Waals surface area contributed by atoms with Gasteiger partial charge >= 0.3 is 0 Å². The normalized spacial score (nSPS) is 11.9. The van der Waals surface area contributed by atoms with Gasteiger partial charge in [-0.1, -0.05) is 25.1 Å². The second-order valence-electron chi connectivity index (χ2n) is 4.79. The quantitative estimate of drug-likeness (QED) is 0.909. The molecule has 1 aromatic carbocycles. The SMILES string of the molecule is CC(CC(=O)NCc1ccc(F)cc1)c1cccnc1. The fourth-order valence-corrected chi connectivity index (χ4v) is 1.94. The number of halogens is 1. The van der Waals surface area contributed by atoms with Crippen molar-refractivity contribution in [3.8, 4) is 0 Å². The molecular formula is C16H17FN2O. The topological polar surface area (TPSA) is 42.0 Å². The second-order valence-corrected chi connectivity index (χ2v) is 4.79. The second kappa shape index (κ2) is 6.80. The van der Waals surface area contributed by atoms with Crippen LogP contribution in [0.4, 0.5) is 4.39 Å². The summed E-state index contributed by atoms with van der Waals surface area (Å²) in [5, 5.41) is 2.84. The van der Waals surface area contributed by atoms with E-state index < -0.39 is 0 Å². The summed E-state index contributed by atoms with van der Waals surface area (Å²) in [7, 11) is 0. The van der Waals surface area contributed by atoms with Crippen molar-refractivity contribution in [2.45, 2.75) is 25.8 Å². The molecule has 0 bridgehead atoms. The van der Waals surface area contributed by atoms with E-state index in [4.69, 9.17) is 0 Å². The molecule has 3 nitrogen and oxygen atoms in total. The number of rotatable bonds is 5. The first-order valence-electron chi connectivity index (χ1n) is 6.56. The lowest BCUT2D eigenvalue weighted by atomic mass is 9.99. The number of aromatic nitrogens is 1. The monoisotopic (exact) mass is 272 g/mol. The summed E-state index contributed by atoms with van der Waals surface area (Å²) < 4.78 is 12.8. The van der Waals surface area contributed by atoms with Crippen molar-refractivity contribution in [2.75, 3.05) is 0 Å². The van der Waals surface area contributed by atoms with E-state index in [1.807, 2.05) is 19.1 Å². The van der Waals surface area contributed by atoms with Crippen molar-refractivity contribution in [3.63, 3.8) is 0 Å². The molecular weight excluding hydrogens is 255 g/mol. The van der Waals surface area contributed by atoms with Gasteiger partial charge in [0.05, 0.1) is 0 Å². The Morgan fingerprint density at radius 3 is 2.70 bits per heavy atom. The lowest BCUT2D eigenvalue weighted by molar-refractivity contribution is -0.121. The van der Waals surface area contributed by atoms with E-state index in [1.165, 1.54) is 12.1 Å². The largest absolute Gasteiger partial charge is 0.352 e. The van der Waals surface area contributed by atoms with E-state index in [1.54, 1.807) is 24.5 Å². The van der Waals surface area contributed by atoms with Crippen molar-refractivity contribution in [3.05, 3.63) is 65.7 Å². The van der Waals surface area contributed by atoms with Gasteiger partial charge in [0, 0.05) is 25.4 Å². The number of nitrogens with zero attached hydrogens (tertiary/aromatic N) is 1. The zero-order valence-corrected chi connectivity index (χ0v) is 11.3. The molecule has 1 aromatic heterocycles. The van der Waals surface area contributed by atoms with Crippen LogP contribution in [-0.4, -0.2) is 10.9 Å². The molecule has 0 fully saturated rings. The number of hydrogen-bond donors (Lipinski definition) is 1. The number of carbonyl (C=O) groups excluding carboxylic acids is 1. The zero-order chi connectivity index (χ0) is 14.4. The van der Waals surface area contributed by atoms with Gasteiger partial charge in [-0.15, -0.1) is 0 Å². The lowest BCUT2D eigenvalue weighted by Gasteiger charge is -2.11. The minimum absolute atomic E-state index is 0.0225. The van der Waals surface area contributed by atoms with E-state index in [-0.39, 0.29) is 17.6 Å². The van der Waals surface area contributed by atoms with Gasteiger partial charge in [-0.25, -0.2) is 4.39 Å². The Bertz CT molecular complexity index is 554. The van der Waals surface area contributed by atoms with Crippen LogP contribution in [-0.2, 0) is 11.3 Å². The predicted molar refractivity (Wildman–Crippen MR) is 75.5 cm³/mol. The van der Waals surface area contributed by atoms with Crippen molar-refractivity contribution in [1.82, 2.24) is 10.3 Å². The third-order valence-corrected chi connectivity index (χ3v) is 3.15. The summed E-state index contributed by atoms with van der Waals surface area (Å²) in [5.74, 6) is -0.173. The molecule has 0 saturated carbocycles. The third kappa shape index (κ3) is 4.16. The third-order valence-electron chi connectivity index (χ3n) is 3.15. The Hall–Kier alpha value is -2.23. The Balaban J connectivity index is 1.82. The first kappa shape index (κ1) is 14.2. The van der Waals surface area contributed by atoms with E-state index in [0.717, 1.165) is 11.1 Å². The Morgan fingerprint density at radius 2 is 2.05 bits per heavy atom. The van der Waals surface area contributed by atoms with Crippen LogP contribution in [0, 0.1) is 5.82 Å². The summed E-state index contributed by atoms with van der Waals surface area (Å²) in [6, 6.07) is 9.94. The van der Waals surface area contributed by atoms with Crippen LogP contribution in [0.2, 0.25) is 0 Å². The van der Waals surface area contributed by atoms with Crippen molar-refractivity contribution >= 4 is 5.91 Å². The highest BCUT2D eigenvalue weighted by Gasteiger charge is 2.11. The zero-order valence-electron chi connectivity index (χ0n) is 11.3. The highest BCUT2D eigenvalue weighted by atomic mass is 19.1. The van der Waals surface area contributed by atoms with Gasteiger partial charge in [0.1, 0.15) is 5.82 Å². The molecule has 4 heteroatoms. The van der Waals surface area contributed by atoms with Crippen LogP contribution < -0.4 is 5.32 Å². The predicted octanol–water partition coefficient (Wildman–Crippen LogP) is 3.03. The fraction of sp³-hybridized carbons (Fsp3) is 0.250. The van der Waals surface area contributed by atoms with Gasteiger partial charge < -0.3 is 5.32 Å². The van der Waals surface area contributed by atoms with Crippen LogP contribution in [0.1, 0.15) is 30.4 Å². The molecule has 0 aliphatic rings. The Kier molecular flexibility index (Phi) is 4.82. The lowest BCUT2D eigenvalue weighted by Crippen LogP contribution is -2.24. The maximum Gasteiger partial charge on any atom is 0.220 e. The maximum absolute atomic E-state index is 12.8. The van der Waals surface area contributed by atoms with Crippen LogP contribution in [0.3, 0.4) is 0 Å². The first-order chi connectivity index (χ1) is 9.65. The molecule has 1 N–H and O–H groups in total. The van der Waals surface area contributed by atoms with Crippen LogP contribution in [0.15, 0.2) is 48.8 Å². The fourth-order valence-electron chi connectivity index (χ4n) is 1.94. The number of hydrogen-bond acceptors (Lipinski definition) is 2. The number of pyridine rings is 1. The Morgan fingerprint density at radius 1 is 1.30 bits per heavy atom. The van der Waals surface area contributed by atoms with E-state index in [0.29, 0.717) is 13.0 Å². The number of benzene rings is 1. The molecule has 0 radical (unpaired) electrons. The average Bonchev–Trinajstić information content (AvgIpc) is 2.47. The molecule has 1 atom stereocenters. The van der Waals surface area contributed by atoms with Crippen molar-refractivity contribution in [2.24, 2.45) is 0 Å². The van der Waals surface area contributed by atoms with Crippen LogP contribution in [0.5, 0.6) is 0 Å². The van der Waals surface area contributed by atoms with Gasteiger partial charge in [-0.2, -0.15) is 0 Å². The van der Waals surface area contributed by atoms with E-state index >= 15 is 0 Å². The summed E-state index contributed by atoms with van der Waals surface area (Å²) in [5.41, 5.74) is 1.93. The van der Waals surface area contributed by atoms with Gasteiger partial charge in [0.15, 0.2) is 0 Å². The maximum atomic E-state index is 12.8. The summed E-state index contributed by atoms with van der Waals surface area (Å²) in [6.07, 6.45) is 3.90. The molecule has 2 rings (SSSR count). The van der Waals surface area contributed by atoms with E-state index in [9.17, 15) is 9.18 Å². The molecule has 2 aromatic rings. The first-order valence-corrected chi connectivity index (χ1v) is 6.56. The van der Waals surface area contributed by atoms with Crippen LogP contribution >= 0.6 is 0 Å². The number of nitrogens with one attached hydrogen (secondary N) is 1. The average molecular weight is 272 g/mol. The molecule has 0 saturated heterocycles. The summed E-state index contributed by atoms with van der Waals surface area (Å²) in [4.78, 5) is 15.9. The van der Waals surface area contributed by atoms with Crippen molar-refractivity contribution in [1.29, 1.82) is 0 Å².